The Bertz CT molecular complexity index is 202. The molecule has 3 nitrogen and oxygen atoms in total. The number of rotatable bonds is 7. The summed E-state index contributed by atoms with van der Waals surface area (Å²) >= 11 is 0. The smallest absolute Gasteiger partial charge is 0.0237 e. The summed E-state index contributed by atoms with van der Waals surface area (Å²) in [7, 11) is 4.36. The molecule has 0 aromatic heterocycles. The van der Waals surface area contributed by atoms with Crippen LogP contribution in [0.5, 0.6) is 0 Å². The van der Waals surface area contributed by atoms with E-state index in [-0.39, 0.29) is 0 Å². The largest absolute Gasteiger partial charge is 0.314 e. The predicted molar refractivity (Wildman–Crippen MR) is 80.0 cm³/mol. The van der Waals surface area contributed by atoms with Crippen molar-refractivity contribution in [2.75, 3.05) is 27.2 Å². The highest BCUT2D eigenvalue weighted by Gasteiger charge is 2.19. The minimum Gasteiger partial charge on any atom is -0.314 e. The highest BCUT2D eigenvalue weighted by Crippen LogP contribution is 2.12. The second-order valence-corrected chi connectivity index (χ2v) is 6.47. The third-order valence-corrected chi connectivity index (χ3v) is 4.16. The molecule has 1 fully saturated rings. The van der Waals surface area contributed by atoms with Crippen LogP contribution in [0.15, 0.2) is 0 Å². The van der Waals surface area contributed by atoms with Crippen LogP contribution in [0.3, 0.4) is 0 Å². The fraction of sp³-hybridized carbons (Fsp3) is 1.00. The molecule has 0 bridgehead atoms. The Balaban J connectivity index is 2.24. The number of likely N-dealkylation sites (N-methyl/N-ethyl adjacent to an activating group) is 1. The van der Waals surface area contributed by atoms with E-state index >= 15 is 0 Å². The molecular formula is C15H33N3. The standard InChI is InChI=1S/C15H33N3/c1-12(2)15(18(4)5)11-17-13(3)10-14-8-6-7-9-16-14/h12-17H,6-11H2,1-5H3. The van der Waals surface area contributed by atoms with Crippen molar-refractivity contribution in [2.24, 2.45) is 5.92 Å². The Morgan fingerprint density at radius 3 is 2.44 bits per heavy atom. The van der Waals surface area contributed by atoms with E-state index in [4.69, 9.17) is 0 Å². The number of nitrogens with one attached hydrogen (secondary N) is 2. The zero-order valence-corrected chi connectivity index (χ0v) is 13.0. The van der Waals surface area contributed by atoms with E-state index < -0.39 is 0 Å². The Labute approximate surface area is 114 Å². The van der Waals surface area contributed by atoms with E-state index in [1.54, 1.807) is 0 Å². The van der Waals surface area contributed by atoms with Crippen molar-refractivity contribution >= 4 is 0 Å². The minimum absolute atomic E-state index is 0.613. The van der Waals surface area contributed by atoms with Crippen LogP contribution in [-0.4, -0.2) is 50.2 Å². The van der Waals surface area contributed by atoms with Crippen LogP contribution in [0.2, 0.25) is 0 Å². The van der Waals surface area contributed by atoms with Crippen LogP contribution in [0, 0.1) is 5.92 Å². The summed E-state index contributed by atoms with van der Waals surface area (Å²) in [6.45, 7) is 9.24. The van der Waals surface area contributed by atoms with Crippen molar-refractivity contribution in [1.29, 1.82) is 0 Å². The summed E-state index contributed by atoms with van der Waals surface area (Å²) in [5.74, 6) is 0.701. The second kappa shape index (κ2) is 8.13. The van der Waals surface area contributed by atoms with Crippen LogP contribution in [0.25, 0.3) is 0 Å². The van der Waals surface area contributed by atoms with Gasteiger partial charge in [-0.2, -0.15) is 0 Å². The van der Waals surface area contributed by atoms with Gasteiger partial charge in [-0.05, 0) is 52.7 Å². The first-order valence-electron chi connectivity index (χ1n) is 7.64. The number of hydrogen-bond donors (Lipinski definition) is 2. The van der Waals surface area contributed by atoms with Crippen LogP contribution in [0.4, 0.5) is 0 Å². The van der Waals surface area contributed by atoms with Gasteiger partial charge in [-0.15, -0.1) is 0 Å². The van der Waals surface area contributed by atoms with Crippen molar-refractivity contribution in [2.45, 2.75) is 64.6 Å². The lowest BCUT2D eigenvalue weighted by Crippen LogP contribution is -2.46. The Hall–Kier alpha value is -0.120. The average molecular weight is 255 g/mol. The maximum absolute atomic E-state index is 3.71. The van der Waals surface area contributed by atoms with Crippen LogP contribution in [0.1, 0.15) is 46.5 Å². The highest BCUT2D eigenvalue weighted by molar-refractivity contribution is 4.79. The molecule has 108 valence electrons. The van der Waals surface area contributed by atoms with Gasteiger partial charge in [-0.1, -0.05) is 20.3 Å². The summed E-state index contributed by atoms with van der Waals surface area (Å²) in [4.78, 5) is 2.34. The first-order chi connectivity index (χ1) is 8.50. The monoisotopic (exact) mass is 255 g/mol. The van der Waals surface area contributed by atoms with Crippen molar-refractivity contribution in [3.05, 3.63) is 0 Å². The molecule has 1 aliphatic rings. The lowest BCUT2D eigenvalue weighted by Gasteiger charge is -2.31. The van der Waals surface area contributed by atoms with Gasteiger partial charge in [-0.3, -0.25) is 0 Å². The quantitative estimate of drug-likeness (QED) is 0.729. The number of nitrogens with zero attached hydrogens (tertiary/aromatic N) is 1. The van der Waals surface area contributed by atoms with E-state index in [9.17, 15) is 0 Å². The fourth-order valence-corrected chi connectivity index (χ4v) is 2.97. The number of hydrogen-bond acceptors (Lipinski definition) is 3. The molecule has 0 aromatic carbocycles. The SMILES string of the molecule is CC(CC1CCCCN1)NCC(C(C)C)N(C)C. The Kier molecular flexibility index (Phi) is 7.20. The van der Waals surface area contributed by atoms with E-state index in [0.717, 1.165) is 12.6 Å². The topological polar surface area (TPSA) is 27.3 Å². The van der Waals surface area contributed by atoms with Gasteiger partial charge in [0.1, 0.15) is 0 Å². The maximum Gasteiger partial charge on any atom is 0.0237 e. The van der Waals surface area contributed by atoms with Crippen LogP contribution in [-0.2, 0) is 0 Å². The molecule has 2 N–H and O–H groups in total. The lowest BCUT2D eigenvalue weighted by atomic mass is 9.98. The van der Waals surface area contributed by atoms with Crippen molar-refractivity contribution < 1.29 is 0 Å². The van der Waals surface area contributed by atoms with Crippen molar-refractivity contribution in [1.82, 2.24) is 15.5 Å². The first-order valence-corrected chi connectivity index (χ1v) is 7.64. The number of piperidine rings is 1. The fourth-order valence-electron chi connectivity index (χ4n) is 2.97. The summed E-state index contributed by atoms with van der Waals surface area (Å²) in [5, 5.41) is 7.34. The van der Waals surface area contributed by atoms with Gasteiger partial charge in [0.2, 0.25) is 0 Å². The second-order valence-electron chi connectivity index (χ2n) is 6.47. The van der Waals surface area contributed by atoms with E-state index in [0.29, 0.717) is 18.0 Å². The van der Waals surface area contributed by atoms with Crippen molar-refractivity contribution in [3.8, 4) is 0 Å². The van der Waals surface area contributed by atoms with Gasteiger partial charge in [0.15, 0.2) is 0 Å². The molecular weight excluding hydrogens is 222 g/mol. The molecule has 3 heteroatoms. The molecule has 18 heavy (non-hydrogen) atoms. The van der Waals surface area contributed by atoms with Gasteiger partial charge >= 0.3 is 0 Å². The minimum atomic E-state index is 0.613. The average Bonchev–Trinajstić information content (AvgIpc) is 2.29. The van der Waals surface area contributed by atoms with Crippen molar-refractivity contribution in [3.63, 3.8) is 0 Å². The van der Waals surface area contributed by atoms with Crippen LogP contribution < -0.4 is 10.6 Å². The Morgan fingerprint density at radius 1 is 1.22 bits per heavy atom. The molecule has 1 aliphatic heterocycles. The van der Waals surface area contributed by atoms with Gasteiger partial charge in [0.25, 0.3) is 0 Å². The third kappa shape index (κ3) is 5.68. The predicted octanol–water partition coefficient (Wildman–Crippen LogP) is 2.08. The first kappa shape index (κ1) is 15.9. The van der Waals surface area contributed by atoms with Gasteiger partial charge in [-0.25, -0.2) is 0 Å². The van der Waals surface area contributed by atoms with E-state index in [2.05, 4.69) is 50.4 Å². The molecule has 3 atom stereocenters. The molecule has 0 aromatic rings. The molecule has 0 aliphatic carbocycles. The molecule has 1 heterocycles. The molecule has 0 radical (unpaired) electrons. The van der Waals surface area contributed by atoms with Gasteiger partial charge in [0.05, 0.1) is 0 Å². The molecule has 1 rings (SSSR count). The lowest BCUT2D eigenvalue weighted by molar-refractivity contribution is 0.215. The zero-order valence-electron chi connectivity index (χ0n) is 13.0. The maximum atomic E-state index is 3.71. The summed E-state index contributed by atoms with van der Waals surface area (Å²) in [5.41, 5.74) is 0. The molecule has 0 amide bonds. The summed E-state index contributed by atoms with van der Waals surface area (Å²) in [6.07, 6.45) is 5.37. The molecule has 0 saturated carbocycles. The zero-order chi connectivity index (χ0) is 13.5. The van der Waals surface area contributed by atoms with E-state index in [1.165, 1.54) is 32.2 Å². The Morgan fingerprint density at radius 2 is 1.94 bits per heavy atom. The van der Waals surface area contributed by atoms with Gasteiger partial charge < -0.3 is 15.5 Å². The highest BCUT2D eigenvalue weighted by atomic mass is 15.1. The molecule has 1 saturated heterocycles. The molecule has 0 spiro atoms. The normalized spacial score (nSPS) is 24.5. The van der Waals surface area contributed by atoms with Crippen LogP contribution >= 0.6 is 0 Å². The summed E-state index contributed by atoms with van der Waals surface area (Å²) < 4.78 is 0. The molecule has 3 unspecified atom stereocenters. The summed E-state index contributed by atoms with van der Waals surface area (Å²) in [6, 6.07) is 1.98. The van der Waals surface area contributed by atoms with E-state index in [1.807, 2.05) is 0 Å². The third-order valence-electron chi connectivity index (χ3n) is 4.16. The van der Waals surface area contributed by atoms with Gasteiger partial charge in [0, 0.05) is 24.7 Å².